The Morgan fingerprint density at radius 2 is 1.75 bits per heavy atom. The third-order valence-electron chi connectivity index (χ3n) is 9.29. The van der Waals surface area contributed by atoms with Crippen LogP contribution in [0.3, 0.4) is 0 Å². The Morgan fingerprint density at radius 3 is 2.33 bits per heavy atom. The molecular formula is C30H42N4O4S2. The number of carbonyl (C=O) groups excluding carboxylic acids is 2. The van der Waals surface area contributed by atoms with Crippen molar-refractivity contribution < 1.29 is 18.0 Å². The maximum atomic E-state index is 12.9. The zero-order valence-corrected chi connectivity index (χ0v) is 25.4. The summed E-state index contributed by atoms with van der Waals surface area (Å²) in [6, 6.07) is 6.96. The van der Waals surface area contributed by atoms with Crippen molar-refractivity contribution in [3.8, 4) is 0 Å². The van der Waals surface area contributed by atoms with Crippen molar-refractivity contribution >= 4 is 38.1 Å². The van der Waals surface area contributed by atoms with Crippen LogP contribution in [0.1, 0.15) is 87.9 Å². The Balaban J connectivity index is 1.17. The molecule has 2 amide bonds. The van der Waals surface area contributed by atoms with Crippen molar-refractivity contribution in [2.24, 2.45) is 29.4 Å². The lowest BCUT2D eigenvalue weighted by Crippen LogP contribution is -2.35. The largest absolute Gasteiger partial charge is 0.369 e. The van der Waals surface area contributed by atoms with Crippen molar-refractivity contribution in [2.75, 3.05) is 11.9 Å². The van der Waals surface area contributed by atoms with Gasteiger partial charge in [-0.25, -0.2) is 13.4 Å². The average Bonchev–Trinajstić information content (AvgIpc) is 3.39. The molecule has 1 aliphatic heterocycles. The highest BCUT2D eigenvalue weighted by Crippen LogP contribution is 2.44. The van der Waals surface area contributed by atoms with Crippen molar-refractivity contribution in [2.45, 2.75) is 94.9 Å². The number of nitrogens with two attached hydrogens (primary N) is 1. The number of carbonyl (C=O) groups is 2. The molecule has 2 atom stereocenters. The minimum atomic E-state index is -3.36. The van der Waals surface area contributed by atoms with E-state index in [4.69, 9.17) is 10.7 Å². The number of sulfone groups is 1. The summed E-state index contributed by atoms with van der Waals surface area (Å²) in [5, 5.41) is 3.22. The second-order valence-corrected chi connectivity index (χ2v) is 15.8. The lowest BCUT2D eigenvalue weighted by molar-refractivity contribution is -0.123. The molecule has 2 heterocycles. The van der Waals surface area contributed by atoms with Gasteiger partial charge in [0, 0.05) is 23.9 Å². The molecule has 1 unspecified atom stereocenters. The van der Waals surface area contributed by atoms with Crippen LogP contribution in [-0.4, -0.2) is 41.9 Å². The summed E-state index contributed by atoms with van der Waals surface area (Å²) in [5.74, 6) is 0.899. The molecule has 0 radical (unpaired) electrons. The number of amides is 2. The minimum Gasteiger partial charge on any atom is -0.369 e. The van der Waals surface area contributed by atoms with Crippen LogP contribution < -0.4 is 11.1 Å². The number of thiazole rings is 1. The first-order valence-electron chi connectivity index (χ1n) is 14.7. The van der Waals surface area contributed by atoms with E-state index < -0.39 is 9.84 Å². The van der Waals surface area contributed by atoms with Gasteiger partial charge in [-0.2, -0.15) is 0 Å². The van der Waals surface area contributed by atoms with Gasteiger partial charge >= 0.3 is 0 Å². The fourth-order valence-corrected chi connectivity index (χ4v) is 9.38. The van der Waals surface area contributed by atoms with Crippen molar-refractivity contribution in [1.82, 2.24) is 9.88 Å². The normalized spacial score (nSPS) is 24.4. The van der Waals surface area contributed by atoms with E-state index in [-0.39, 0.29) is 41.4 Å². The number of nitrogens with zero attached hydrogens (tertiary/aromatic N) is 2. The van der Waals surface area contributed by atoms with E-state index in [1.54, 1.807) is 35.6 Å². The van der Waals surface area contributed by atoms with Gasteiger partial charge in [0.25, 0.3) is 0 Å². The molecule has 218 valence electrons. The number of anilines is 1. The topological polar surface area (TPSA) is 122 Å². The molecule has 0 saturated heterocycles. The van der Waals surface area contributed by atoms with Gasteiger partial charge in [0.2, 0.25) is 11.8 Å². The van der Waals surface area contributed by atoms with Gasteiger partial charge in [-0.05, 0) is 80.9 Å². The molecule has 1 aromatic heterocycles. The number of hydrogen-bond acceptors (Lipinski definition) is 7. The molecule has 1 aromatic carbocycles. The van der Waals surface area contributed by atoms with E-state index in [2.05, 4.69) is 24.1 Å². The molecule has 2 fully saturated rings. The highest BCUT2D eigenvalue weighted by molar-refractivity contribution is 7.92. The van der Waals surface area contributed by atoms with Crippen LogP contribution in [0, 0.1) is 23.7 Å². The summed E-state index contributed by atoms with van der Waals surface area (Å²) in [7, 11) is -3.36. The second kappa shape index (κ2) is 11.9. The Morgan fingerprint density at radius 1 is 1.07 bits per heavy atom. The fraction of sp³-hybridized carbons (Fsp3) is 0.633. The Bertz CT molecular complexity index is 1330. The Kier molecular flexibility index (Phi) is 8.69. The summed E-state index contributed by atoms with van der Waals surface area (Å²) in [4.78, 5) is 33.3. The molecule has 5 rings (SSSR count). The lowest BCUT2D eigenvalue weighted by atomic mass is 9.81. The first-order valence-corrected chi connectivity index (χ1v) is 17.0. The third kappa shape index (κ3) is 6.14. The highest BCUT2D eigenvalue weighted by Gasteiger charge is 2.38. The number of aromatic nitrogens is 1. The van der Waals surface area contributed by atoms with E-state index in [1.165, 1.54) is 4.88 Å². The van der Waals surface area contributed by atoms with E-state index in [0.717, 1.165) is 69.3 Å². The monoisotopic (exact) mass is 586 g/mol. The van der Waals surface area contributed by atoms with Crippen LogP contribution in [-0.2, 0) is 32.4 Å². The average molecular weight is 587 g/mol. The maximum Gasteiger partial charge on any atom is 0.230 e. The van der Waals surface area contributed by atoms with Crippen LogP contribution in [0.2, 0.25) is 0 Å². The Labute approximate surface area is 242 Å². The molecule has 0 spiro atoms. The maximum absolute atomic E-state index is 12.9. The summed E-state index contributed by atoms with van der Waals surface area (Å²) in [6.45, 7) is 8.06. The third-order valence-corrected chi connectivity index (χ3v) is 12.6. The molecule has 3 aliphatic rings. The van der Waals surface area contributed by atoms with Crippen LogP contribution in [0.4, 0.5) is 5.13 Å². The molecule has 10 heteroatoms. The first kappa shape index (κ1) is 29.2. The van der Waals surface area contributed by atoms with E-state index in [0.29, 0.717) is 21.9 Å². The van der Waals surface area contributed by atoms with Gasteiger partial charge in [-0.3, -0.25) is 14.5 Å². The molecule has 2 saturated carbocycles. The summed E-state index contributed by atoms with van der Waals surface area (Å²) in [6.07, 6.45) is 7.06. The molecule has 40 heavy (non-hydrogen) atoms. The zero-order chi connectivity index (χ0) is 28.6. The van der Waals surface area contributed by atoms with Gasteiger partial charge < -0.3 is 11.1 Å². The highest BCUT2D eigenvalue weighted by atomic mass is 32.2. The SMILES string of the molecule is CC(C)[C@H]1c2nc(NC(=O)Cc3ccc(S(=O)(=O)C(C)C4CCC4)cc3)sc2CN1CC1CCC(C(N)=O)CC1. The van der Waals surface area contributed by atoms with E-state index in [1.807, 2.05) is 6.92 Å². The van der Waals surface area contributed by atoms with Gasteiger partial charge in [-0.1, -0.05) is 32.4 Å². The number of rotatable bonds is 10. The molecule has 2 aromatic rings. The van der Waals surface area contributed by atoms with Crippen LogP contribution in [0.15, 0.2) is 29.2 Å². The van der Waals surface area contributed by atoms with Gasteiger partial charge in [0.1, 0.15) is 0 Å². The van der Waals surface area contributed by atoms with Crippen molar-refractivity contribution in [3.05, 3.63) is 40.4 Å². The van der Waals surface area contributed by atoms with Crippen molar-refractivity contribution in [3.63, 3.8) is 0 Å². The molecule has 2 aliphatic carbocycles. The predicted octanol–water partition coefficient (Wildman–Crippen LogP) is 5.09. The van der Waals surface area contributed by atoms with Crippen LogP contribution in [0.5, 0.6) is 0 Å². The summed E-state index contributed by atoms with van der Waals surface area (Å²) >= 11 is 1.55. The molecule has 0 bridgehead atoms. The molecule has 3 N–H and O–H groups in total. The number of benzene rings is 1. The first-order chi connectivity index (χ1) is 19.0. The number of hydrogen-bond donors (Lipinski definition) is 2. The number of nitrogens with one attached hydrogen (secondary N) is 1. The smallest absolute Gasteiger partial charge is 0.230 e. The number of primary amides is 1. The van der Waals surface area contributed by atoms with Gasteiger partial charge in [0.05, 0.1) is 28.3 Å². The standard InChI is InChI=1S/C30H42N4O4S2/c1-18(2)28-27-25(17-34(28)16-21-7-11-23(12-8-21)29(31)36)39-30(33-27)32-26(35)15-20-9-13-24(14-10-20)40(37,38)19(3)22-5-4-6-22/h9-10,13-14,18-19,21-23,28H,4-8,11-12,15-17H2,1-3H3,(H2,31,36)(H,32,33,35)/t19?,21?,23?,28-/m0/s1. The lowest BCUT2D eigenvalue weighted by Gasteiger charge is -2.34. The minimum absolute atomic E-state index is 0.0248. The van der Waals surface area contributed by atoms with Crippen molar-refractivity contribution in [1.29, 1.82) is 0 Å². The van der Waals surface area contributed by atoms with E-state index in [9.17, 15) is 18.0 Å². The quantitative estimate of drug-likeness (QED) is 0.400. The van der Waals surface area contributed by atoms with Gasteiger partial charge in [-0.15, -0.1) is 11.3 Å². The molecular weight excluding hydrogens is 544 g/mol. The molecule has 8 nitrogen and oxygen atoms in total. The van der Waals surface area contributed by atoms with Crippen LogP contribution in [0.25, 0.3) is 0 Å². The second-order valence-electron chi connectivity index (χ2n) is 12.4. The van der Waals surface area contributed by atoms with Gasteiger partial charge in [0.15, 0.2) is 15.0 Å². The van der Waals surface area contributed by atoms with Crippen LogP contribution >= 0.6 is 11.3 Å². The van der Waals surface area contributed by atoms with E-state index >= 15 is 0 Å². The fourth-order valence-electron chi connectivity index (χ4n) is 6.62. The summed E-state index contributed by atoms with van der Waals surface area (Å²) < 4.78 is 25.9. The summed E-state index contributed by atoms with van der Waals surface area (Å²) in [5.41, 5.74) is 7.35. The zero-order valence-electron chi connectivity index (χ0n) is 23.8. The predicted molar refractivity (Wildman–Crippen MR) is 158 cm³/mol. The Hall–Kier alpha value is -2.30. The number of fused-ring (bicyclic) bond motifs is 1.